The summed E-state index contributed by atoms with van der Waals surface area (Å²) in [4.78, 5) is 0. The summed E-state index contributed by atoms with van der Waals surface area (Å²) in [7, 11) is 0. The Morgan fingerprint density at radius 3 is 2.93 bits per heavy atom. The fourth-order valence-corrected chi connectivity index (χ4v) is 3.47. The summed E-state index contributed by atoms with van der Waals surface area (Å²) in [6, 6.07) is 10.5. The maximum atomic E-state index is 8.76. The van der Waals surface area contributed by atoms with E-state index in [1.807, 2.05) is 12.1 Å². The van der Waals surface area contributed by atoms with Gasteiger partial charge < -0.3 is 0 Å². The first-order valence-electron chi connectivity index (χ1n) is 4.28. The Hall–Kier alpha value is -0.980. The van der Waals surface area contributed by atoms with Crippen molar-refractivity contribution in [1.29, 1.82) is 5.26 Å². The van der Waals surface area contributed by atoms with Gasteiger partial charge in [-0.05, 0) is 23.3 Å². The second-order valence-electron chi connectivity index (χ2n) is 2.90. The third-order valence-corrected chi connectivity index (χ3v) is 4.48. The van der Waals surface area contributed by atoms with Crippen LogP contribution in [0, 0.1) is 11.3 Å². The molecule has 3 heteroatoms. The van der Waals surface area contributed by atoms with Gasteiger partial charge in [-0.15, -0.1) is 23.1 Å². The van der Waals surface area contributed by atoms with Crippen molar-refractivity contribution in [1.82, 2.24) is 0 Å². The average Bonchev–Trinajstić information content (AvgIpc) is 2.58. The van der Waals surface area contributed by atoms with Crippen LogP contribution in [0.15, 0.2) is 28.5 Å². The van der Waals surface area contributed by atoms with Gasteiger partial charge in [0.15, 0.2) is 0 Å². The lowest BCUT2D eigenvalue weighted by molar-refractivity contribution is 1.26. The molecule has 0 radical (unpaired) electrons. The zero-order valence-electron chi connectivity index (χ0n) is 7.78. The fraction of sp³-hybridized carbons (Fsp3) is 0.182. The van der Waals surface area contributed by atoms with Gasteiger partial charge in [-0.25, -0.2) is 0 Å². The average molecular weight is 219 g/mol. The minimum atomic E-state index is 0.514. The Bertz CT molecular complexity index is 493. The van der Waals surface area contributed by atoms with Crippen molar-refractivity contribution in [3.8, 4) is 6.07 Å². The highest BCUT2D eigenvalue weighted by Gasteiger charge is 2.09. The minimum Gasteiger partial charge on any atom is -0.198 e. The van der Waals surface area contributed by atoms with Crippen molar-refractivity contribution < 1.29 is 0 Å². The van der Waals surface area contributed by atoms with E-state index in [4.69, 9.17) is 5.26 Å². The third kappa shape index (κ3) is 1.52. The largest absolute Gasteiger partial charge is 0.198 e. The molecule has 0 aliphatic heterocycles. The molecule has 0 saturated carbocycles. The molecule has 70 valence electrons. The Morgan fingerprint density at radius 2 is 2.21 bits per heavy atom. The highest BCUT2D eigenvalue weighted by Crippen LogP contribution is 2.36. The first-order valence-corrected chi connectivity index (χ1v) is 6.32. The van der Waals surface area contributed by atoms with Gasteiger partial charge in [0.25, 0.3) is 0 Å². The van der Waals surface area contributed by atoms with Gasteiger partial charge in [0.05, 0.1) is 16.7 Å². The monoisotopic (exact) mass is 219 g/mol. The van der Waals surface area contributed by atoms with E-state index in [0.717, 1.165) is 0 Å². The molecule has 0 aliphatic carbocycles. The van der Waals surface area contributed by atoms with Crippen LogP contribution in [-0.4, -0.2) is 6.26 Å². The van der Waals surface area contributed by atoms with Gasteiger partial charge in [0.1, 0.15) is 0 Å². The van der Waals surface area contributed by atoms with Crippen LogP contribution in [0.3, 0.4) is 0 Å². The van der Waals surface area contributed by atoms with E-state index in [1.54, 1.807) is 23.1 Å². The number of nitriles is 1. The number of rotatable bonds is 2. The predicted molar refractivity (Wildman–Crippen MR) is 62.9 cm³/mol. The molecule has 0 bridgehead atoms. The normalized spacial score (nSPS) is 10.3. The third-order valence-electron chi connectivity index (χ3n) is 2.10. The van der Waals surface area contributed by atoms with Crippen LogP contribution < -0.4 is 0 Å². The molecule has 1 nitrogen and oxygen atoms in total. The summed E-state index contributed by atoms with van der Waals surface area (Å²) >= 11 is 3.50. The van der Waals surface area contributed by atoms with Crippen LogP contribution in [-0.2, 0) is 6.42 Å². The molecule has 0 atom stereocenters. The van der Waals surface area contributed by atoms with Gasteiger partial charge in [0.2, 0.25) is 0 Å². The number of thioether (sulfide) groups is 1. The predicted octanol–water partition coefficient (Wildman–Crippen LogP) is 3.69. The van der Waals surface area contributed by atoms with Gasteiger partial charge in [-0.3, -0.25) is 0 Å². The lowest BCUT2D eigenvalue weighted by Gasteiger charge is -1.94. The molecule has 0 saturated heterocycles. The first-order chi connectivity index (χ1) is 6.86. The summed E-state index contributed by atoms with van der Waals surface area (Å²) in [5, 5.41) is 10.0. The molecule has 14 heavy (non-hydrogen) atoms. The number of nitrogens with zero attached hydrogens (tertiary/aromatic N) is 1. The Kier molecular flexibility index (Phi) is 2.76. The van der Waals surface area contributed by atoms with Crippen LogP contribution in [0.25, 0.3) is 10.1 Å². The zero-order valence-corrected chi connectivity index (χ0v) is 9.41. The van der Waals surface area contributed by atoms with Gasteiger partial charge in [0, 0.05) is 4.70 Å². The van der Waals surface area contributed by atoms with Crippen molar-refractivity contribution in [3.63, 3.8) is 0 Å². The Balaban J connectivity index is 2.69. The molecule has 1 aromatic heterocycles. The van der Waals surface area contributed by atoms with Crippen LogP contribution in [0.4, 0.5) is 0 Å². The van der Waals surface area contributed by atoms with E-state index in [2.05, 4.69) is 24.5 Å². The summed E-state index contributed by atoms with van der Waals surface area (Å²) in [6.45, 7) is 0. The van der Waals surface area contributed by atoms with Crippen LogP contribution in [0.5, 0.6) is 0 Å². The van der Waals surface area contributed by atoms with Crippen molar-refractivity contribution >= 4 is 33.2 Å². The number of benzene rings is 1. The molecular formula is C11H9NS2. The molecule has 2 rings (SSSR count). The van der Waals surface area contributed by atoms with Crippen LogP contribution >= 0.6 is 23.1 Å². The number of hydrogen-bond donors (Lipinski definition) is 0. The zero-order chi connectivity index (χ0) is 9.97. The fourth-order valence-electron chi connectivity index (χ4n) is 1.49. The smallest absolute Gasteiger partial charge is 0.0670 e. The second-order valence-corrected chi connectivity index (χ2v) is 5.03. The molecule has 1 aromatic carbocycles. The van der Waals surface area contributed by atoms with Crippen LogP contribution in [0.2, 0.25) is 0 Å². The van der Waals surface area contributed by atoms with Crippen molar-refractivity contribution in [2.45, 2.75) is 10.6 Å². The van der Waals surface area contributed by atoms with Gasteiger partial charge in [-0.1, -0.05) is 18.2 Å². The lowest BCUT2D eigenvalue weighted by atomic mass is 10.1. The topological polar surface area (TPSA) is 23.8 Å². The lowest BCUT2D eigenvalue weighted by Crippen LogP contribution is -1.79. The highest BCUT2D eigenvalue weighted by molar-refractivity contribution is 8.00. The molecule has 0 spiro atoms. The maximum absolute atomic E-state index is 8.76. The summed E-state index contributed by atoms with van der Waals surface area (Å²) in [6.07, 6.45) is 2.58. The number of fused-ring (bicyclic) bond motifs is 1. The van der Waals surface area contributed by atoms with Crippen LogP contribution in [0.1, 0.15) is 5.56 Å². The maximum Gasteiger partial charge on any atom is 0.0670 e. The van der Waals surface area contributed by atoms with E-state index < -0.39 is 0 Å². The van der Waals surface area contributed by atoms with E-state index in [1.165, 1.54) is 19.9 Å². The highest BCUT2D eigenvalue weighted by atomic mass is 32.2. The SMILES string of the molecule is CSc1sc2ccccc2c1CC#N. The van der Waals surface area contributed by atoms with Crippen molar-refractivity contribution in [2.75, 3.05) is 6.26 Å². The van der Waals surface area contributed by atoms with Gasteiger partial charge >= 0.3 is 0 Å². The Morgan fingerprint density at radius 1 is 1.43 bits per heavy atom. The quantitative estimate of drug-likeness (QED) is 0.719. The Labute approximate surface area is 91.4 Å². The summed E-state index contributed by atoms with van der Waals surface area (Å²) < 4.78 is 2.55. The summed E-state index contributed by atoms with van der Waals surface area (Å²) in [5.41, 5.74) is 1.20. The molecule has 0 N–H and O–H groups in total. The molecule has 0 unspecified atom stereocenters. The standard InChI is InChI=1S/C11H9NS2/c1-13-11-9(6-7-12)8-4-2-3-5-10(8)14-11/h2-5H,6H2,1H3. The molecule has 1 heterocycles. The number of hydrogen-bond acceptors (Lipinski definition) is 3. The second kappa shape index (κ2) is 4.04. The molecule has 2 aromatic rings. The minimum absolute atomic E-state index is 0.514. The summed E-state index contributed by atoms with van der Waals surface area (Å²) in [5.74, 6) is 0. The van der Waals surface area contributed by atoms with Crippen molar-refractivity contribution in [3.05, 3.63) is 29.8 Å². The van der Waals surface area contributed by atoms with Gasteiger partial charge in [-0.2, -0.15) is 5.26 Å². The van der Waals surface area contributed by atoms with E-state index in [-0.39, 0.29) is 0 Å². The first kappa shape index (κ1) is 9.57. The molecule has 0 aliphatic rings. The molecular weight excluding hydrogens is 210 g/mol. The van der Waals surface area contributed by atoms with Crippen molar-refractivity contribution in [2.24, 2.45) is 0 Å². The van der Waals surface area contributed by atoms with E-state index in [9.17, 15) is 0 Å². The van der Waals surface area contributed by atoms with E-state index in [0.29, 0.717) is 6.42 Å². The van der Waals surface area contributed by atoms with E-state index >= 15 is 0 Å². The molecule has 0 amide bonds. The number of thiophene rings is 1. The molecule has 0 fully saturated rings.